The molecule has 0 unspecified atom stereocenters. The van der Waals surface area contributed by atoms with E-state index in [1.54, 1.807) is 0 Å². The Morgan fingerprint density at radius 1 is 1.30 bits per heavy atom. The van der Waals surface area contributed by atoms with Crippen LogP contribution in [0.5, 0.6) is 0 Å². The lowest BCUT2D eigenvalue weighted by atomic mass is 10.1. The van der Waals surface area contributed by atoms with Gasteiger partial charge in [-0.05, 0) is 38.1 Å². The van der Waals surface area contributed by atoms with E-state index in [0.29, 0.717) is 18.2 Å². The van der Waals surface area contributed by atoms with Gasteiger partial charge in [-0.1, -0.05) is 25.7 Å². The number of carboxylic acid groups (broad SMARTS) is 1. The van der Waals surface area contributed by atoms with Crippen LogP contribution in [0.15, 0.2) is 18.2 Å². The summed E-state index contributed by atoms with van der Waals surface area (Å²) in [5, 5.41) is 8.98. The Labute approximate surface area is 119 Å². The normalized spacial score (nSPS) is 17.1. The van der Waals surface area contributed by atoms with E-state index in [2.05, 4.69) is 4.90 Å². The van der Waals surface area contributed by atoms with Gasteiger partial charge in [0.05, 0.1) is 5.56 Å². The topological polar surface area (TPSA) is 40.5 Å². The molecule has 1 N–H and O–H groups in total. The molecular formula is C16H22FNO2. The molecule has 0 atom stereocenters. The standard InChI is InChI=1S/C16H22FNO2/c1-18(14-6-4-2-3-5-7-14)11-13-10-12(16(19)20)8-9-15(13)17/h8-10,14H,2-7,11H2,1H3,(H,19,20). The van der Waals surface area contributed by atoms with Gasteiger partial charge in [-0.2, -0.15) is 0 Å². The first-order valence-electron chi connectivity index (χ1n) is 7.30. The van der Waals surface area contributed by atoms with Crippen LogP contribution in [0.1, 0.15) is 54.4 Å². The van der Waals surface area contributed by atoms with Gasteiger partial charge in [0.1, 0.15) is 5.82 Å². The van der Waals surface area contributed by atoms with Gasteiger partial charge in [-0.25, -0.2) is 9.18 Å². The van der Waals surface area contributed by atoms with Crippen LogP contribution in [-0.4, -0.2) is 29.1 Å². The fourth-order valence-electron chi connectivity index (χ4n) is 2.93. The van der Waals surface area contributed by atoms with Crippen LogP contribution in [0.25, 0.3) is 0 Å². The van der Waals surface area contributed by atoms with Crippen LogP contribution < -0.4 is 0 Å². The summed E-state index contributed by atoms with van der Waals surface area (Å²) in [5.41, 5.74) is 0.618. The highest BCUT2D eigenvalue weighted by atomic mass is 19.1. The lowest BCUT2D eigenvalue weighted by Gasteiger charge is -2.27. The number of benzene rings is 1. The zero-order chi connectivity index (χ0) is 14.5. The van der Waals surface area contributed by atoms with Gasteiger partial charge >= 0.3 is 5.97 Å². The molecule has 0 amide bonds. The van der Waals surface area contributed by atoms with Crippen molar-refractivity contribution in [2.45, 2.75) is 51.1 Å². The number of hydrogen-bond donors (Lipinski definition) is 1. The zero-order valence-corrected chi connectivity index (χ0v) is 11.9. The Bertz CT molecular complexity index is 468. The number of aromatic carboxylic acids is 1. The Morgan fingerprint density at radius 3 is 2.55 bits per heavy atom. The largest absolute Gasteiger partial charge is 0.478 e. The number of rotatable bonds is 4. The predicted octanol–water partition coefficient (Wildman–Crippen LogP) is 3.68. The van der Waals surface area contributed by atoms with E-state index in [0.717, 1.165) is 12.8 Å². The Hall–Kier alpha value is -1.42. The lowest BCUT2D eigenvalue weighted by molar-refractivity contribution is 0.0696. The third-order valence-electron chi connectivity index (χ3n) is 4.16. The highest BCUT2D eigenvalue weighted by Crippen LogP contribution is 2.23. The number of carbonyl (C=O) groups is 1. The first-order chi connectivity index (χ1) is 9.58. The second-order valence-corrected chi connectivity index (χ2v) is 5.67. The summed E-state index contributed by atoms with van der Waals surface area (Å²) in [6.07, 6.45) is 7.33. The van der Waals surface area contributed by atoms with Crippen molar-refractivity contribution in [2.24, 2.45) is 0 Å². The molecule has 0 saturated heterocycles. The number of halogens is 1. The minimum absolute atomic E-state index is 0.149. The molecule has 1 aliphatic rings. The van der Waals surface area contributed by atoms with Crippen LogP contribution in [0.3, 0.4) is 0 Å². The minimum atomic E-state index is -1.01. The zero-order valence-electron chi connectivity index (χ0n) is 11.9. The maximum Gasteiger partial charge on any atom is 0.335 e. The van der Waals surface area contributed by atoms with Gasteiger partial charge in [0.25, 0.3) is 0 Å². The summed E-state index contributed by atoms with van der Waals surface area (Å²) < 4.78 is 13.8. The maximum atomic E-state index is 13.8. The average Bonchev–Trinajstić information content (AvgIpc) is 2.70. The fourth-order valence-corrected chi connectivity index (χ4v) is 2.93. The van der Waals surface area contributed by atoms with Crippen LogP contribution in [0, 0.1) is 5.82 Å². The Balaban J connectivity index is 2.07. The van der Waals surface area contributed by atoms with Crippen LogP contribution >= 0.6 is 0 Å². The Morgan fingerprint density at radius 2 is 1.95 bits per heavy atom. The summed E-state index contributed by atoms with van der Waals surface area (Å²) >= 11 is 0. The second kappa shape index (κ2) is 6.84. The summed E-state index contributed by atoms with van der Waals surface area (Å²) in [5.74, 6) is -1.33. The molecule has 110 valence electrons. The molecule has 0 aromatic heterocycles. The van der Waals surface area contributed by atoms with E-state index < -0.39 is 5.97 Å². The minimum Gasteiger partial charge on any atom is -0.478 e. The van der Waals surface area contributed by atoms with E-state index in [9.17, 15) is 9.18 Å². The molecule has 1 aromatic carbocycles. The third kappa shape index (κ3) is 3.79. The van der Waals surface area contributed by atoms with Crippen molar-refractivity contribution in [2.75, 3.05) is 7.05 Å². The van der Waals surface area contributed by atoms with Gasteiger partial charge in [-0.15, -0.1) is 0 Å². The monoisotopic (exact) mass is 279 g/mol. The van der Waals surface area contributed by atoms with E-state index in [1.807, 2.05) is 7.05 Å². The molecular weight excluding hydrogens is 257 g/mol. The molecule has 1 aliphatic carbocycles. The van der Waals surface area contributed by atoms with Gasteiger partial charge < -0.3 is 5.11 Å². The highest BCUT2D eigenvalue weighted by Gasteiger charge is 2.18. The molecule has 0 bridgehead atoms. The SMILES string of the molecule is CN(Cc1cc(C(=O)O)ccc1F)C1CCCCCC1. The first kappa shape index (κ1) is 15.0. The van der Waals surface area contributed by atoms with E-state index in [4.69, 9.17) is 5.11 Å². The molecule has 1 aromatic rings. The summed E-state index contributed by atoms with van der Waals surface area (Å²) in [6.45, 7) is 0.470. The molecule has 0 aliphatic heterocycles. The van der Waals surface area contributed by atoms with Crippen LogP contribution in [0.2, 0.25) is 0 Å². The van der Waals surface area contributed by atoms with Crippen LogP contribution in [0.4, 0.5) is 4.39 Å². The molecule has 3 nitrogen and oxygen atoms in total. The van der Waals surface area contributed by atoms with Crippen molar-refractivity contribution in [3.63, 3.8) is 0 Å². The number of carboxylic acids is 1. The molecule has 0 radical (unpaired) electrons. The van der Waals surface area contributed by atoms with E-state index in [1.165, 1.54) is 43.9 Å². The predicted molar refractivity (Wildman–Crippen MR) is 76.3 cm³/mol. The summed E-state index contributed by atoms with van der Waals surface area (Å²) in [4.78, 5) is 13.1. The first-order valence-corrected chi connectivity index (χ1v) is 7.30. The van der Waals surface area contributed by atoms with Gasteiger partial charge in [0.15, 0.2) is 0 Å². The maximum absolute atomic E-state index is 13.8. The highest BCUT2D eigenvalue weighted by molar-refractivity contribution is 5.87. The molecule has 1 saturated carbocycles. The smallest absolute Gasteiger partial charge is 0.335 e. The van der Waals surface area contributed by atoms with Crippen molar-refractivity contribution in [1.82, 2.24) is 4.90 Å². The van der Waals surface area contributed by atoms with E-state index in [-0.39, 0.29) is 11.4 Å². The van der Waals surface area contributed by atoms with Crippen molar-refractivity contribution >= 4 is 5.97 Å². The fraction of sp³-hybridized carbons (Fsp3) is 0.562. The molecule has 4 heteroatoms. The second-order valence-electron chi connectivity index (χ2n) is 5.67. The van der Waals surface area contributed by atoms with Crippen molar-refractivity contribution in [3.8, 4) is 0 Å². The molecule has 0 spiro atoms. The average molecular weight is 279 g/mol. The van der Waals surface area contributed by atoms with Crippen LogP contribution in [-0.2, 0) is 6.54 Å². The molecule has 2 rings (SSSR count). The Kier molecular flexibility index (Phi) is 5.12. The summed E-state index contributed by atoms with van der Waals surface area (Å²) in [6, 6.07) is 4.49. The van der Waals surface area contributed by atoms with E-state index >= 15 is 0 Å². The van der Waals surface area contributed by atoms with Crippen molar-refractivity contribution in [3.05, 3.63) is 35.1 Å². The molecule has 1 fully saturated rings. The third-order valence-corrected chi connectivity index (χ3v) is 4.16. The van der Waals surface area contributed by atoms with Crippen molar-refractivity contribution in [1.29, 1.82) is 0 Å². The van der Waals surface area contributed by atoms with Gasteiger partial charge in [0, 0.05) is 18.2 Å². The van der Waals surface area contributed by atoms with Gasteiger partial charge in [-0.3, -0.25) is 4.90 Å². The molecule has 20 heavy (non-hydrogen) atoms. The molecule has 0 heterocycles. The van der Waals surface area contributed by atoms with Gasteiger partial charge in [0.2, 0.25) is 0 Å². The quantitative estimate of drug-likeness (QED) is 0.855. The number of hydrogen-bond acceptors (Lipinski definition) is 2. The lowest BCUT2D eigenvalue weighted by Crippen LogP contribution is -2.31. The number of nitrogens with zero attached hydrogens (tertiary/aromatic N) is 1. The summed E-state index contributed by atoms with van der Waals surface area (Å²) in [7, 11) is 2.00. The van der Waals surface area contributed by atoms with Crippen molar-refractivity contribution < 1.29 is 14.3 Å².